The van der Waals surface area contributed by atoms with Crippen LogP contribution in [0.4, 0.5) is 8.78 Å². The van der Waals surface area contributed by atoms with Crippen molar-refractivity contribution in [2.75, 3.05) is 39.8 Å². The van der Waals surface area contributed by atoms with E-state index in [2.05, 4.69) is 12.2 Å². The van der Waals surface area contributed by atoms with Crippen LogP contribution in [0.1, 0.15) is 32.6 Å². The van der Waals surface area contributed by atoms with Gasteiger partial charge in [-0.05, 0) is 31.2 Å². The summed E-state index contributed by atoms with van der Waals surface area (Å²) in [5, 5.41) is 12.2. The predicted octanol–water partition coefficient (Wildman–Crippen LogP) is 1.96. The van der Waals surface area contributed by atoms with Crippen LogP contribution in [-0.4, -0.2) is 56.3 Å². The average molecular weight is 278 g/mol. The molecule has 2 N–H and O–H groups in total. The smallest absolute Gasteiger partial charge is 0.251 e. The maximum absolute atomic E-state index is 12.6. The Labute approximate surface area is 115 Å². The summed E-state index contributed by atoms with van der Waals surface area (Å²) in [5.41, 5.74) is 0.0886. The molecule has 0 aromatic carbocycles. The highest BCUT2D eigenvalue weighted by molar-refractivity contribution is 4.89. The van der Waals surface area contributed by atoms with Crippen molar-refractivity contribution in [3.05, 3.63) is 0 Å². The molecule has 19 heavy (non-hydrogen) atoms. The Morgan fingerprint density at radius 3 is 2.47 bits per heavy atom. The topological polar surface area (TPSA) is 35.5 Å². The lowest BCUT2D eigenvalue weighted by molar-refractivity contribution is 0.0329. The van der Waals surface area contributed by atoms with Gasteiger partial charge in [-0.25, -0.2) is 8.78 Å². The van der Waals surface area contributed by atoms with Crippen LogP contribution in [0.2, 0.25) is 0 Å². The van der Waals surface area contributed by atoms with Gasteiger partial charge < -0.3 is 10.4 Å². The van der Waals surface area contributed by atoms with Crippen molar-refractivity contribution < 1.29 is 13.9 Å². The third-order valence-corrected chi connectivity index (χ3v) is 4.26. The van der Waals surface area contributed by atoms with Crippen LogP contribution < -0.4 is 5.32 Å². The van der Waals surface area contributed by atoms with Crippen LogP contribution in [0.5, 0.6) is 0 Å². The van der Waals surface area contributed by atoms with Crippen molar-refractivity contribution in [1.82, 2.24) is 10.2 Å². The van der Waals surface area contributed by atoms with Gasteiger partial charge in [0.25, 0.3) is 6.43 Å². The molecule has 0 radical (unpaired) electrons. The van der Waals surface area contributed by atoms with E-state index in [0.717, 1.165) is 25.3 Å². The molecule has 0 atom stereocenters. The Hall–Kier alpha value is -0.260. The molecular formula is C14H28F2N2O. The second-order valence-corrected chi connectivity index (χ2v) is 6.06. The highest BCUT2D eigenvalue weighted by atomic mass is 19.3. The van der Waals surface area contributed by atoms with Crippen LogP contribution in [0, 0.1) is 11.3 Å². The molecule has 0 aromatic rings. The van der Waals surface area contributed by atoms with Crippen LogP contribution in [0.15, 0.2) is 0 Å². The molecule has 5 heteroatoms. The molecular weight excluding hydrogens is 250 g/mol. The fourth-order valence-electron chi connectivity index (χ4n) is 3.19. The molecule has 0 unspecified atom stereocenters. The monoisotopic (exact) mass is 278 g/mol. The highest BCUT2D eigenvalue weighted by Gasteiger charge is 2.35. The Morgan fingerprint density at radius 1 is 1.37 bits per heavy atom. The lowest BCUT2D eigenvalue weighted by atomic mass is 9.70. The van der Waals surface area contributed by atoms with E-state index >= 15 is 0 Å². The second kappa shape index (κ2) is 8.12. The minimum atomic E-state index is -2.33. The first kappa shape index (κ1) is 16.8. The zero-order valence-corrected chi connectivity index (χ0v) is 12.2. The molecule has 0 heterocycles. The third kappa shape index (κ3) is 5.71. The van der Waals surface area contributed by atoms with E-state index in [1.807, 2.05) is 7.05 Å². The summed E-state index contributed by atoms with van der Waals surface area (Å²) in [5.74, 6) is 0.742. The summed E-state index contributed by atoms with van der Waals surface area (Å²) >= 11 is 0. The van der Waals surface area contributed by atoms with E-state index in [9.17, 15) is 8.78 Å². The summed E-state index contributed by atoms with van der Waals surface area (Å²) in [7, 11) is 1.92. The van der Waals surface area contributed by atoms with Crippen molar-refractivity contribution in [2.24, 2.45) is 11.3 Å². The molecule has 0 amide bonds. The van der Waals surface area contributed by atoms with Crippen LogP contribution in [-0.2, 0) is 0 Å². The number of halogens is 2. The summed E-state index contributed by atoms with van der Waals surface area (Å²) in [6.45, 7) is 3.83. The molecule has 0 aliphatic heterocycles. The summed E-state index contributed by atoms with van der Waals surface area (Å²) in [6, 6.07) is 0. The molecule has 1 aliphatic rings. The van der Waals surface area contributed by atoms with Gasteiger partial charge in [-0.1, -0.05) is 19.8 Å². The minimum Gasteiger partial charge on any atom is -0.395 e. The summed E-state index contributed by atoms with van der Waals surface area (Å²) in [4.78, 5) is 1.72. The maximum Gasteiger partial charge on any atom is 0.251 e. The van der Waals surface area contributed by atoms with E-state index in [1.54, 1.807) is 4.90 Å². The van der Waals surface area contributed by atoms with Crippen molar-refractivity contribution >= 4 is 0 Å². The molecule has 114 valence electrons. The van der Waals surface area contributed by atoms with Gasteiger partial charge in [0.05, 0.1) is 13.2 Å². The first-order valence-corrected chi connectivity index (χ1v) is 7.27. The molecule has 1 rings (SSSR count). The number of hydrogen-bond acceptors (Lipinski definition) is 3. The van der Waals surface area contributed by atoms with Crippen molar-refractivity contribution in [1.29, 1.82) is 0 Å². The van der Waals surface area contributed by atoms with Crippen LogP contribution in [0.3, 0.4) is 0 Å². The van der Waals surface area contributed by atoms with Gasteiger partial charge in [0.15, 0.2) is 0 Å². The average Bonchev–Trinajstić information content (AvgIpc) is 2.33. The van der Waals surface area contributed by atoms with Gasteiger partial charge >= 0.3 is 0 Å². The van der Waals surface area contributed by atoms with Gasteiger partial charge in [-0.15, -0.1) is 0 Å². The molecule has 1 saturated carbocycles. The van der Waals surface area contributed by atoms with Gasteiger partial charge in [-0.2, -0.15) is 0 Å². The lowest BCUT2D eigenvalue weighted by Gasteiger charge is -2.42. The molecule has 0 saturated heterocycles. The zero-order valence-electron chi connectivity index (χ0n) is 12.2. The quantitative estimate of drug-likeness (QED) is 0.712. The number of alkyl halides is 2. The van der Waals surface area contributed by atoms with Crippen LogP contribution >= 0.6 is 0 Å². The van der Waals surface area contributed by atoms with E-state index < -0.39 is 6.43 Å². The molecule has 1 aliphatic carbocycles. The SMILES string of the molecule is CNCC1(CN(CCO)CC(F)F)CCC(C)CC1. The summed E-state index contributed by atoms with van der Waals surface area (Å²) < 4.78 is 25.2. The van der Waals surface area contributed by atoms with Crippen molar-refractivity contribution in [2.45, 2.75) is 39.0 Å². The Bertz CT molecular complexity index is 244. The van der Waals surface area contributed by atoms with Gasteiger partial charge in [-0.3, -0.25) is 4.90 Å². The number of hydrogen-bond donors (Lipinski definition) is 2. The zero-order chi connectivity index (χ0) is 14.3. The number of nitrogens with one attached hydrogen (secondary N) is 1. The fraction of sp³-hybridized carbons (Fsp3) is 1.00. The molecule has 1 fully saturated rings. The first-order valence-electron chi connectivity index (χ1n) is 7.27. The second-order valence-electron chi connectivity index (χ2n) is 6.06. The van der Waals surface area contributed by atoms with Crippen molar-refractivity contribution in [3.8, 4) is 0 Å². The van der Waals surface area contributed by atoms with E-state index in [4.69, 9.17) is 5.11 Å². The van der Waals surface area contributed by atoms with E-state index in [1.165, 1.54) is 12.8 Å². The number of aliphatic hydroxyl groups excluding tert-OH is 1. The van der Waals surface area contributed by atoms with Gasteiger partial charge in [0, 0.05) is 19.6 Å². The number of nitrogens with zero attached hydrogens (tertiary/aromatic N) is 1. The standard InChI is InChI=1S/C14H28F2N2O/c1-12-3-5-14(6-4-12,10-17-2)11-18(7-8-19)9-13(15)16/h12-13,17,19H,3-11H2,1-2H3. The molecule has 0 bridgehead atoms. The minimum absolute atomic E-state index is 0.0568. The largest absolute Gasteiger partial charge is 0.395 e. The lowest BCUT2D eigenvalue weighted by Crippen LogP contribution is -2.47. The van der Waals surface area contributed by atoms with E-state index in [-0.39, 0.29) is 18.6 Å². The molecule has 0 spiro atoms. The highest BCUT2D eigenvalue weighted by Crippen LogP contribution is 2.39. The number of rotatable bonds is 8. The summed E-state index contributed by atoms with van der Waals surface area (Å²) in [6.07, 6.45) is 2.17. The fourth-order valence-corrected chi connectivity index (χ4v) is 3.19. The first-order chi connectivity index (χ1) is 9.01. The number of aliphatic hydroxyl groups is 1. The third-order valence-electron chi connectivity index (χ3n) is 4.26. The van der Waals surface area contributed by atoms with Gasteiger partial charge in [0.1, 0.15) is 0 Å². The molecule has 0 aromatic heterocycles. The van der Waals surface area contributed by atoms with Crippen molar-refractivity contribution in [3.63, 3.8) is 0 Å². The van der Waals surface area contributed by atoms with Crippen LogP contribution in [0.25, 0.3) is 0 Å². The van der Waals surface area contributed by atoms with E-state index in [0.29, 0.717) is 13.1 Å². The Balaban J connectivity index is 2.63. The predicted molar refractivity (Wildman–Crippen MR) is 73.5 cm³/mol. The maximum atomic E-state index is 12.6. The normalized spacial score (nSPS) is 28.3. The Morgan fingerprint density at radius 2 is 2.00 bits per heavy atom. The van der Waals surface area contributed by atoms with Gasteiger partial charge in [0.2, 0.25) is 0 Å². The molecule has 3 nitrogen and oxygen atoms in total. The Kier molecular flexibility index (Phi) is 7.18.